The first-order valence-corrected chi connectivity index (χ1v) is 8.05. The number of rotatable bonds is 3. The number of nitrogens with zero attached hydrogens (tertiary/aromatic N) is 1. The third kappa shape index (κ3) is 4.03. The molecule has 1 unspecified atom stereocenters. The molecule has 1 aromatic carbocycles. The molecule has 1 aromatic rings. The van der Waals surface area contributed by atoms with Crippen molar-refractivity contribution in [3.63, 3.8) is 0 Å². The molecule has 23 heavy (non-hydrogen) atoms. The molecule has 1 saturated heterocycles. The second-order valence-electron chi connectivity index (χ2n) is 6.23. The van der Waals surface area contributed by atoms with E-state index in [4.69, 9.17) is 10.5 Å². The predicted molar refractivity (Wildman–Crippen MR) is 88.8 cm³/mol. The highest BCUT2D eigenvalue weighted by Gasteiger charge is 2.36. The van der Waals surface area contributed by atoms with Gasteiger partial charge in [0.05, 0.1) is 13.2 Å². The van der Waals surface area contributed by atoms with Crippen LogP contribution in [0.4, 0.5) is 4.39 Å². The lowest BCUT2D eigenvalue weighted by atomic mass is 9.94. The summed E-state index contributed by atoms with van der Waals surface area (Å²) >= 11 is 0. The van der Waals surface area contributed by atoms with Crippen LogP contribution in [-0.2, 0) is 9.53 Å². The van der Waals surface area contributed by atoms with E-state index < -0.39 is 0 Å². The standard InChI is InChI=1S/C17H23FN2O2.ClH/c18-14-5-1-3-12(9-14)16-11-20(7-8-22-16)17(21)15-6-2-4-13(15)10-19;/h1,3,5,9,13,15-16H,2,4,6-8,10-11,19H2;1H/t13-,15-,16?;/m1./s1. The fourth-order valence-electron chi connectivity index (χ4n) is 3.64. The molecule has 6 heteroatoms. The molecular weight excluding hydrogens is 319 g/mol. The lowest BCUT2D eigenvalue weighted by molar-refractivity contribution is -0.144. The first-order valence-electron chi connectivity index (χ1n) is 8.05. The molecule has 1 aliphatic carbocycles. The van der Waals surface area contributed by atoms with Crippen molar-refractivity contribution in [1.29, 1.82) is 0 Å². The average Bonchev–Trinajstić information content (AvgIpc) is 3.03. The summed E-state index contributed by atoms with van der Waals surface area (Å²) in [5.41, 5.74) is 6.58. The maximum Gasteiger partial charge on any atom is 0.226 e. The van der Waals surface area contributed by atoms with Crippen molar-refractivity contribution in [2.45, 2.75) is 25.4 Å². The molecule has 0 spiro atoms. The summed E-state index contributed by atoms with van der Waals surface area (Å²) in [6.45, 7) is 2.18. The number of morpholine rings is 1. The zero-order valence-electron chi connectivity index (χ0n) is 13.1. The van der Waals surface area contributed by atoms with E-state index in [1.165, 1.54) is 12.1 Å². The maximum absolute atomic E-state index is 13.4. The predicted octanol–water partition coefficient (Wildman–Crippen LogP) is 2.52. The number of ether oxygens (including phenoxy) is 1. The van der Waals surface area contributed by atoms with Gasteiger partial charge in [0.1, 0.15) is 11.9 Å². The van der Waals surface area contributed by atoms with Crippen LogP contribution in [-0.4, -0.2) is 37.0 Å². The van der Waals surface area contributed by atoms with Crippen molar-refractivity contribution in [2.24, 2.45) is 17.6 Å². The summed E-state index contributed by atoms with van der Waals surface area (Å²) in [5.74, 6) is 0.278. The van der Waals surface area contributed by atoms with Gasteiger partial charge in [0.2, 0.25) is 5.91 Å². The molecule has 0 bridgehead atoms. The van der Waals surface area contributed by atoms with Crippen molar-refractivity contribution >= 4 is 18.3 Å². The average molecular weight is 343 g/mol. The van der Waals surface area contributed by atoms with Crippen molar-refractivity contribution in [3.05, 3.63) is 35.6 Å². The number of carbonyl (C=O) groups is 1. The molecule has 2 N–H and O–H groups in total. The molecule has 0 aromatic heterocycles. The fourth-order valence-corrected chi connectivity index (χ4v) is 3.64. The Morgan fingerprint density at radius 3 is 2.96 bits per heavy atom. The topological polar surface area (TPSA) is 55.6 Å². The van der Waals surface area contributed by atoms with E-state index in [1.54, 1.807) is 6.07 Å². The van der Waals surface area contributed by atoms with E-state index in [1.807, 2.05) is 11.0 Å². The highest BCUT2D eigenvalue weighted by Crippen LogP contribution is 2.33. The zero-order valence-corrected chi connectivity index (χ0v) is 13.9. The van der Waals surface area contributed by atoms with Gasteiger partial charge >= 0.3 is 0 Å². The van der Waals surface area contributed by atoms with Crippen molar-refractivity contribution in [2.75, 3.05) is 26.2 Å². The lowest BCUT2D eigenvalue weighted by Crippen LogP contribution is -2.46. The Morgan fingerprint density at radius 1 is 1.39 bits per heavy atom. The van der Waals surface area contributed by atoms with Crippen molar-refractivity contribution in [1.82, 2.24) is 4.90 Å². The summed E-state index contributed by atoms with van der Waals surface area (Å²) in [6, 6.07) is 6.42. The van der Waals surface area contributed by atoms with E-state index in [2.05, 4.69) is 0 Å². The molecule has 4 nitrogen and oxygen atoms in total. The number of carbonyl (C=O) groups excluding carboxylic acids is 1. The monoisotopic (exact) mass is 342 g/mol. The fraction of sp³-hybridized carbons (Fsp3) is 0.588. The van der Waals surface area contributed by atoms with Crippen molar-refractivity contribution < 1.29 is 13.9 Å². The Bertz CT molecular complexity index is 543. The van der Waals surface area contributed by atoms with Gasteiger partial charge in [-0.05, 0) is 43.0 Å². The van der Waals surface area contributed by atoms with E-state index in [9.17, 15) is 9.18 Å². The summed E-state index contributed by atoms with van der Waals surface area (Å²) in [7, 11) is 0. The Kier molecular flexibility index (Phi) is 6.39. The van der Waals surface area contributed by atoms with Crippen LogP contribution in [0.2, 0.25) is 0 Å². The van der Waals surface area contributed by atoms with Gasteiger partial charge in [0.15, 0.2) is 0 Å². The Labute approximate surface area is 142 Å². The smallest absolute Gasteiger partial charge is 0.226 e. The Morgan fingerprint density at radius 2 is 2.22 bits per heavy atom. The molecule has 2 aliphatic rings. The van der Waals surface area contributed by atoms with E-state index in [0.29, 0.717) is 32.2 Å². The lowest BCUT2D eigenvalue weighted by Gasteiger charge is -2.35. The third-order valence-electron chi connectivity index (χ3n) is 4.88. The second-order valence-corrected chi connectivity index (χ2v) is 6.23. The van der Waals surface area contributed by atoms with Gasteiger partial charge in [0.25, 0.3) is 0 Å². The summed E-state index contributed by atoms with van der Waals surface area (Å²) < 4.78 is 19.1. The van der Waals surface area contributed by atoms with Gasteiger partial charge in [-0.3, -0.25) is 4.79 Å². The molecule has 1 aliphatic heterocycles. The zero-order chi connectivity index (χ0) is 15.5. The SMILES string of the molecule is Cl.NC[C@H]1CCC[C@H]1C(=O)N1CCOC(c2cccc(F)c2)C1. The highest BCUT2D eigenvalue weighted by atomic mass is 35.5. The highest BCUT2D eigenvalue weighted by molar-refractivity contribution is 5.85. The minimum atomic E-state index is -0.275. The molecule has 1 heterocycles. The van der Waals surface area contributed by atoms with Crippen LogP contribution < -0.4 is 5.73 Å². The van der Waals surface area contributed by atoms with E-state index in [-0.39, 0.29) is 36.2 Å². The number of amides is 1. The Balaban J connectivity index is 0.00000192. The van der Waals surface area contributed by atoms with Gasteiger partial charge in [-0.2, -0.15) is 0 Å². The number of benzene rings is 1. The van der Waals surface area contributed by atoms with Gasteiger partial charge in [-0.1, -0.05) is 18.6 Å². The van der Waals surface area contributed by atoms with Crippen LogP contribution in [0.5, 0.6) is 0 Å². The Hall–Kier alpha value is -1.17. The second kappa shape index (κ2) is 8.08. The number of halogens is 2. The minimum absolute atomic E-state index is 0. The van der Waals surface area contributed by atoms with E-state index >= 15 is 0 Å². The number of nitrogens with two attached hydrogens (primary N) is 1. The van der Waals surface area contributed by atoms with Crippen LogP contribution in [0.3, 0.4) is 0 Å². The molecular formula is C17H24ClFN2O2. The minimum Gasteiger partial charge on any atom is -0.370 e. The van der Waals surface area contributed by atoms with Crippen LogP contribution in [0.25, 0.3) is 0 Å². The van der Waals surface area contributed by atoms with Crippen LogP contribution in [0.15, 0.2) is 24.3 Å². The quantitative estimate of drug-likeness (QED) is 0.918. The number of hydrogen-bond acceptors (Lipinski definition) is 3. The maximum atomic E-state index is 13.4. The first-order chi connectivity index (χ1) is 10.7. The summed E-state index contributed by atoms with van der Waals surface area (Å²) in [5, 5.41) is 0. The van der Waals surface area contributed by atoms with Crippen LogP contribution in [0.1, 0.15) is 30.9 Å². The van der Waals surface area contributed by atoms with Gasteiger partial charge < -0.3 is 15.4 Å². The molecule has 3 atom stereocenters. The van der Waals surface area contributed by atoms with Gasteiger partial charge in [-0.25, -0.2) is 4.39 Å². The van der Waals surface area contributed by atoms with Gasteiger partial charge in [-0.15, -0.1) is 12.4 Å². The normalized spacial score (nSPS) is 27.6. The summed E-state index contributed by atoms with van der Waals surface area (Å²) in [4.78, 5) is 14.6. The molecule has 3 rings (SSSR count). The first kappa shape index (κ1) is 18.2. The molecule has 1 saturated carbocycles. The van der Waals surface area contributed by atoms with Crippen LogP contribution in [0, 0.1) is 17.7 Å². The molecule has 128 valence electrons. The third-order valence-corrected chi connectivity index (χ3v) is 4.88. The van der Waals surface area contributed by atoms with Crippen molar-refractivity contribution in [3.8, 4) is 0 Å². The molecule has 1 amide bonds. The molecule has 2 fully saturated rings. The molecule has 0 radical (unpaired) electrons. The van der Waals surface area contributed by atoms with Crippen LogP contribution >= 0.6 is 12.4 Å². The van der Waals surface area contributed by atoms with E-state index in [0.717, 1.165) is 24.8 Å². The summed E-state index contributed by atoms with van der Waals surface area (Å²) in [6.07, 6.45) is 2.81. The van der Waals surface area contributed by atoms with Gasteiger partial charge in [0, 0.05) is 12.5 Å². The number of hydrogen-bond donors (Lipinski definition) is 1. The largest absolute Gasteiger partial charge is 0.370 e.